The Balaban J connectivity index is 3.03. The van der Waals surface area contributed by atoms with Crippen molar-refractivity contribution in [3.8, 4) is 0 Å². The van der Waals surface area contributed by atoms with Crippen LogP contribution in [0, 0.1) is 10.1 Å². The lowest BCUT2D eigenvalue weighted by Crippen LogP contribution is -2.29. The van der Waals surface area contributed by atoms with Gasteiger partial charge in [-0.3, -0.25) is 14.9 Å². The first kappa shape index (κ1) is 13.1. The molecule has 0 saturated heterocycles. The minimum absolute atomic E-state index is 0.354. The van der Waals surface area contributed by atoms with Gasteiger partial charge in [0.1, 0.15) is 6.54 Å². The molecule has 0 aliphatic rings. The molecule has 92 valence electrons. The minimum atomic E-state index is -4.05. The highest BCUT2D eigenvalue weighted by atomic mass is 32.2. The summed E-state index contributed by atoms with van der Waals surface area (Å²) in [7, 11) is -4.05. The van der Waals surface area contributed by atoms with E-state index in [0.717, 1.165) is 18.2 Å². The van der Waals surface area contributed by atoms with E-state index in [4.69, 9.17) is 5.11 Å². The third-order valence-corrected chi connectivity index (χ3v) is 3.15. The summed E-state index contributed by atoms with van der Waals surface area (Å²) in [5.41, 5.74) is -0.386. The number of benzene rings is 1. The van der Waals surface area contributed by atoms with Crippen molar-refractivity contribution in [1.82, 2.24) is 4.72 Å². The fourth-order valence-electron chi connectivity index (χ4n) is 1.00. The molecule has 0 radical (unpaired) electrons. The molecule has 0 amide bonds. The maximum absolute atomic E-state index is 11.5. The first-order valence-corrected chi connectivity index (χ1v) is 5.77. The zero-order valence-corrected chi connectivity index (χ0v) is 9.18. The SMILES string of the molecule is O=C(O)CNS(=O)(=O)c1cccc([N+](=O)[O-])c1. The highest BCUT2D eigenvalue weighted by Gasteiger charge is 2.18. The van der Waals surface area contributed by atoms with E-state index in [2.05, 4.69) is 0 Å². The van der Waals surface area contributed by atoms with E-state index in [1.54, 1.807) is 4.72 Å². The van der Waals surface area contributed by atoms with Crippen molar-refractivity contribution in [3.05, 3.63) is 34.4 Å². The van der Waals surface area contributed by atoms with E-state index in [1.165, 1.54) is 6.07 Å². The number of hydrogen-bond acceptors (Lipinski definition) is 5. The lowest BCUT2D eigenvalue weighted by Gasteiger charge is -2.03. The average molecular weight is 260 g/mol. The maximum Gasteiger partial charge on any atom is 0.318 e. The predicted octanol–water partition coefficient (Wildman–Crippen LogP) is -0.0423. The molecule has 0 aliphatic heterocycles. The molecule has 0 saturated carbocycles. The van der Waals surface area contributed by atoms with Crippen LogP contribution in [0.25, 0.3) is 0 Å². The number of aliphatic carboxylic acids is 1. The van der Waals surface area contributed by atoms with Crippen molar-refractivity contribution in [1.29, 1.82) is 0 Å². The number of nitro benzene ring substituents is 1. The first-order valence-electron chi connectivity index (χ1n) is 4.29. The third-order valence-electron chi connectivity index (χ3n) is 1.75. The smallest absolute Gasteiger partial charge is 0.318 e. The molecular formula is C8H8N2O6S. The Morgan fingerprint density at radius 3 is 2.65 bits per heavy atom. The average Bonchev–Trinajstić information content (AvgIpc) is 2.27. The number of rotatable bonds is 5. The summed E-state index contributed by atoms with van der Waals surface area (Å²) < 4.78 is 24.8. The van der Waals surface area contributed by atoms with Crippen molar-refractivity contribution < 1.29 is 23.2 Å². The van der Waals surface area contributed by atoms with Crippen LogP contribution < -0.4 is 4.72 Å². The molecule has 0 heterocycles. The molecule has 8 nitrogen and oxygen atoms in total. The van der Waals surface area contributed by atoms with Gasteiger partial charge in [0.2, 0.25) is 10.0 Å². The van der Waals surface area contributed by atoms with Gasteiger partial charge >= 0.3 is 5.97 Å². The molecule has 0 fully saturated rings. The van der Waals surface area contributed by atoms with Crippen LogP contribution in [0.2, 0.25) is 0 Å². The molecule has 1 aromatic rings. The van der Waals surface area contributed by atoms with E-state index in [9.17, 15) is 23.3 Å². The maximum atomic E-state index is 11.5. The van der Waals surface area contributed by atoms with E-state index < -0.39 is 27.5 Å². The lowest BCUT2D eigenvalue weighted by molar-refractivity contribution is -0.385. The quantitative estimate of drug-likeness (QED) is 0.564. The van der Waals surface area contributed by atoms with Gasteiger partial charge in [-0.15, -0.1) is 0 Å². The number of carboxylic acids is 1. The molecule has 17 heavy (non-hydrogen) atoms. The Morgan fingerprint density at radius 1 is 1.47 bits per heavy atom. The van der Waals surface area contributed by atoms with E-state index in [-0.39, 0.29) is 10.6 Å². The number of hydrogen-bond donors (Lipinski definition) is 2. The number of nitrogens with zero attached hydrogens (tertiary/aromatic N) is 1. The van der Waals surface area contributed by atoms with Crippen LogP contribution in [0.4, 0.5) is 5.69 Å². The summed E-state index contributed by atoms with van der Waals surface area (Å²) in [5, 5.41) is 18.8. The van der Waals surface area contributed by atoms with Crippen LogP contribution in [0.3, 0.4) is 0 Å². The van der Waals surface area contributed by atoms with Crippen molar-refractivity contribution >= 4 is 21.7 Å². The summed E-state index contributed by atoms with van der Waals surface area (Å²) in [6.07, 6.45) is 0. The molecule has 0 spiro atoms. The minimum Gasteiger partial charge on any atom is -0.480 e. The van der Waals surface area contributed by atoms with Gasteiger partial charge in [0.05, 0.1) is 9.82 Å². The molecule has 2 N–H and O–H groups in total. The summed E-state index contributed by atoms with van der Waals surface area (Å²) in [6.45, 7) is -0.787. The lowest BCUT2D eigenvalue weighted by atomic mass is 10.3. The Bertz CT molecular complexity index is 553. The summed E-state index contributed by atoms with van der Waals surface area (Å²) in [4.78, 5) is 19.6. The molecule has 1 rings (SSSR count). The normalized spacial score (nSPS) is 11.1. The monoisotopic (exact) mass is 260 g/mol. The topological polar surface area (TPSA) is 127 Å². The molecule has 9 heteroatoms. The van der Waals surface area contributed by atoms with E-state index in [0.29, 0.717) is 0 Å². The fraction of sp³-hybridized carbons (Fsp3) is 0.125. The van der Waals surface area contributed by atoms with Crippen molar-refractivity contribution in [2.24, 2.45) is 0 Å². The van der Waals surface area contributed by atoms with Gasteiger partial charge in [-0.1, -0.05) is 6.07 Å². The second-order valence-corrected chi connectivity index (χ2v) is 4.74. The molecule has 0 unspecified atom stereocenters. The van der Waals surface area contributed by atoms with Crippen molar-refractivity contribution in [2.75, 3.05) is 6.54 Å². The number of non-ortho nitro benzene ring substituents is 1. The van der Waals surface area contributed by atoms with E-state index >= 15 is 0 Å². The summed E-state index contributed by atoms with van der Waals surface area (Å²) >= 11 is 0. The van der Waals surface area contributed by atoms with Crippen LogP contribution in [0.1, 0.15) is 0 Å². The zero-order chi connectivity index (χ0) is 13.1. The van der Waals surface area contributed by atoms with Crippen LogP contribution in [0.5, 0.6) is 0 Å². The first-order chi connectivity index (χ1) is 7.83. The molecule has 0 aliphatic carbocycles. The summed E-state index contributed by atoms with van der Waals surface area (Å²) in [6, 6.07) is 4.32. The van der Waals surface area contributed by atoms with Gasteiger partial charge < -0.3 is 5.11 Å². The Hall–Kier alpha value is -2.00. The Kier molecular flexibility index (Phi) is 3.76. The number of carboxylic acid groups (broad SMARTS) is 1. The van der Waals surface area contributed by atoms with Gasteiger partial charge in [-0.25, -0.2) is 8.42 Å². The molecule has 1 aromatic carbocycles. The highest BCUT2D eigenvalue weighted by molar-refractivity contribution is 7.89. The van der Waals surface area contributed by atoms with Crippen molar-refractivity contribution in [3.63, 3.8) is 0 Å². The Morgan fingerprint density at radius 2 is 2.12 bits per heavy atom. The molecule has 0 bridgehead atoms. The molecule has 0 atom stereocenters. The standard InChI is InChI=1S/C8H8N2O6S/c11-8(12)5-9-17(15,16)7-3-1-2-6(4-7)10(13)14/h1-4,9H,5H2,(H,11,12). The fourth-order valence-corrected chi connectivity index (χ4v) is 2.02. The zero-order valence-electron chi connectivity index (χ0n) is 8.36. The van der Waals surface area contributed by atoms with Crippen LogP contribution >= 0.6 is 0 Å². The van der Waals surface area contributed by atoms with Gasteiger partial charge in [-0.05, 0) is 6.07 Å². The number of carbonyl (C=O) groups is 1. The second-order valence-electron chi connectivity index (χ2n) is 2.97. The summed E-state index contributed by atoms with van der Waals surface area (Å²) in [5.74, 6) is -1.35. The molecule has 0 aromatic heterocycles. The predicted molar refractivity (Wildman–Crippen MR) is 55.9 cm³/mol. The second kappa shape index (κ2) is 4.89. The van der Waals surface area contributed by atoms with Gasteiger partial charge in [0.15, 0.2) is 0 Å². The van der Waals surface area contributed by atoms with Crippen LogP contribution in [-0.4, -0.2) is 31.0 Å². The van der Waals surface area contributed by atoms with Gasteiger partial charge in [0.25, 0.3) is 5.69 Å². The largest absolute Gasteiger partial charge is 0.480 e. The highest BCUT2D eigenvalue weighted by Crippen LogP contribution is 2.16. The van der Waals surface area contributed by atoms with Gasteiger partial charge in [-0.2, -0.15) is 4.72 Å². The third kappa shape index (κ3) is 3.50. The molecular weight excluding hydrogens is 252 g/mol. The van der Waals surface area contributed by atoms with Crippen molar-refractivity contribution in [2.45, 2.75) is 4.90 Å². The van der Waals surface area contributed by atoms with Gasteiger partial charge in [0, 0.05) is 12.1 Å². The number of sulfonamides is 1. The number of nitro groups is 1. The van der Waals surface area contributed by atoms with Crippen LogP contribution in [-0.2, 0) is 14.8 Å². The Labute approximate surface area is 96.1 Å². The van der Waals surface area contributed by atoms with E-state index in [1.807, 2.05) is 0 Å². The number of nitrogens with one attached hydrogen (secondary N) is 1. The van der Waals surface area contributed by atoms with Crippen LogP contribution in [0.15, 0.2) is 29.2 Å².